The lowest BCUT2D eigenvalue weighted by atomic mass is 10.1. The molecular formula is C22H21N3O3S. The highest BCUT2D eigenvalue weighted by Gasteiger charge is 2.30. The van der Waals surface area contributed by atoms with Crippen molar-refractivity contribution in [3.05, 3.63) is 95.9 Å². The normalized spacial score (nSPS) is 17.3. The van der Waals surface area contributed by atoms with Crippen LogP contribution in [0.15, 0.2) is 84.8 Å². The molecule has 1 atom stereocenters. The van der Waals surface area contributed by atoms with Crippen molar-refractivity contribution in [2.75, 3.05) is 12.3 Å². The molecular weight excluding hydrogens is 386 g/mol. The number of hydrogen-bond donors (Lipinski definition) is 0. The molecule has 0 bridgehead atoms. The second-order valence-electron chi connectivity index (χ2n) is 6.97. The van der Waals surface area contributed by atoms with Crippen LogP contribution in [-0.4, -0.2) is 47.1 Å². The Morgan fingerprint density at radius 1 is 1.07 bits per heavy atom. The predicted octanol–water partition coefficient (Wildman–Crippen LogP) is 2.87. The summed E-state index contributed by atoms with van der Waals surface area (Å²) >= 11 is 0. The van der Waals surface area contributed by atoms with Crippen molar-refractivity contribution < 1.29 is 13.2 Å². The minimum absolute atomic E-state index is 0.0730. The number of nitrogens with zero attached hydrogens (tertiary/aromatic N) is 3. The van der Waals surface area contributed by atoms with Crippen molar-refractivity contribution in [3.63, 3.8) is 0 Å². The van der Waals surface area contributed by atoms with Crippen LogP contribution in [0.1, 0.15) is 15.9 Å². The third kappa shape index (κ3) is 4.46. The van der Waals surface area contributed by atoms with Crippen LogP contribution in [0.2, 0.25) is 0 Å². The van der Waals surface area contributed by atoms with Crippen molar-refractivity contribution in [1.29, 1.82) is 0 Å². The topological polar surface area (TPSA) is 72.3 Å². The van der Waals surface area contributed by atoms with E-state index in [2.05, 4.69) is 4.98 Å². The fourth-order valence-corrected chi connectivity index (χ4v) is 4.72. The number of pyridine rings is 1. The van der Waals surface area contributed by atoms with Crippen LogP contribution < -0.4 is 0 Å². The molecule has 1 aliphatic rings. The lowest BCUT2D eigenvalue weighted by Crippen LogP contribution is -2.42. The number of carbonyl (C=O) groups is 1. The molecule has 29 heavy (non-hydrogen) atoms. The van der Waals surface area contributed by atoms with Gasteiger partial charge in [-0.05, 0) is 54.5 Å². The summed E-state index contributed by atoms with van der Waals surface area (Å²) < 4.78 is 25.8. The SMILES string of the molecule is O=C(c1ccncc1)N(CCc1ccc(-n2cccc2)cc1)C1C=CS(=O)(=O)C1. The molecule has 2 aromatic heterocycles. The van der Waals surface area contributed by atoms with Crippen LogP contribution >= 0.6 is 0 Å². The van der Waals surface area contributed by atoms with Crippen LogP contribution in [0.3, 0.4) is 0 Å². The standard InChI is InChI=1S/C22H21N3O3S/c26-22(19-7-11-23-12-8-19)25(21-10-16-29(27,28)17-21)15-9-18-3-5-20(6-4-18)24-13-1-2-14-24/h1-8,10-14,16,21H,9,15,17H2. The number of benzene rings is 1. The highest BCUT2D eigenvalue weighted by atomic mass is 32.2. The number of sulfone groups is 1. The Hall–Kier alpha value is -3.19. The first-order valence-electron chi connectivity index (χ1n) is 9.36. The van der Waals surface area contributed by atoms with Gasteiger partial charge in [-0.25, -0.2) is 8.42 Å². The summed E-state index contributed by atoms with van der Waals surface area (Å²) in [5.74, 6) is -0.265. The number of carbonyl (C=O) groups excluding carboxylic acids is 1. The average Bonchev–Trinajstić information content (AvgIpc) is 3.39. The fraction of sp³-hybridized carbons (Fsp3) is 0.182. The Balaban J connectivity index is 1.51. The lowest BCUT2D eigenvalue weighted by Gasteiger charge is -2.27. The van der Waals surface area contributed by atoms with Crippen LogP contribution in [0.4, 0.5) is 0 Å². The zero-order valence-electron chi connectivity index (χ0n) is 15.8. The van der Waals surface area contributed by atoms with E-state index >= 15 is 0 Å². The molecule has 0 saturated heterocycles. The monoisotopic (exact) mass is 407 g/mol. The van der Waals surface area contributed by atoms with E-state index in [1.807, 2.05) is 53.4 Å². The van der Waals surface area contributed by atoms with Gasteiger partial charge in [-0.15, -0.1) is 0 Å². The first-order chi connectivity index (χ1) is 14.0. The third-order valence-corrected chi connectivity index (χ3v) is 6.36. The van der Waals surface area contributed by atoms with Crippen LogP contribution in [0.5, 0.6) is 0 Å². The van der Waals surface area contributed by atoms with Gasteiger partial charge in [-0.1, -0.05) is 12.1 Å². The Bertz CT molecular complexity index is 1110. The number of aromatic nitrogens is 2. The average molecular weight is 407 g/mol. The minimum atomic E-state index is -3.26. The van der Waals surface area contributed by atoms with E-state index in [0.717, 1.165) is 11.3 Å². The molecule has 6 nitrogen and oxygen atoms in total. The van der Waals surface area contributed by atoms with Gasteiger partial charge in [0.15, 0.2) is 9.84 Å². The summed E-state index contributed by atoms with van der Waals surface area (Å²) in [5.41, 5.74) is 2.65. The van der Waals surface area contributed by atoms with Gasteiger partial charge in [-0.3, -0.25) is 9.78 Å². The van der Waals surface area contributed by atoms with Gasteiger partial charge in [0.2, 0.25) is 0 Å². The molecule has 0 N–H and O–H groups in total. The van der Waals surface area contributed by atoms with E-state index in [1.54, 1.807) is 35.5 Å². The number of amides is 1. The third-order valence-electron chi connectivity index (χ3n) is 4.98. The number of hydrogen-bond acceptors (Lipinski definition) is 4. The molecule has 7 heteroatoms. The van der Waals surface area contributed by atoms with Crippen molar-refractivity contribution in [3.8, 4) is 5.69 Å². The summed E-state index contributed by atoms with van der Waals surface area (Å²) in [6.45, 7) is 0.425. The van der Waals surface area contributed by atoms with Gasteiger partial charge >= 0.3 is 0 Å². The Labute approximate surface area is 170 Å². The molecule has 1 amide bonds. The molecule has 3 aromatic rings. The molecule has 3 heterocycles. The maximum Gasteiger partial charge on any atom is 0.254 e. The summed E-state index contributed by atoms with van der Waals surface area (Å²) in [4.78, 5) is 18.6. The quantitative estimate of drug-likeness (QED) is 0.630. The molecule has 0 fully saturated rings. The lowest BCUT2D eigenvalue weighted by molar-refractivity contribution is 0.0729. The van der Waals surface area contributed by atoms with Gasteiger partial charge in [0, 0.05) is 48.0 Å². The van der Waals surface area contributed by atoms with Crippen molar-refractivity contribution in [2.24, 2.45) is 0 Å². The summed E-state index contributed by atoms with van der Waals surface area (Å²) in [5, 5.41) is 1.20. The Morgan fingerprint density at radius 2 is 1.76 bits per heavy atom. The second kappa shape index (κ2) is 8.05. The predicted molar refractivity (Wildman–Crippen MR) is 111 cm³/mol. The van der Waals surface area contributed by atoms with E-state index < -0.39 is 15.9 Å². The van der Waals surface area contributed by atoms with E-state index in [0.29, 0.717) is 18.5 Å². The van der Waals surface area contributed by atoms with E-state index in [1.165, 1.54) is 5.41 Å². The van der Waals surface area contributed by atoms with Crippen molar-refractivity contribution in [2.45, 2.75) is 12.5 Å². The van der Waals surface area contributed by atoms with Crippen LogP contribution in [0.25, 0.3) is 5.69 Å². The Morgan fingerprint density at radius 3 is 2.38 bits per heavy atom. The first-order valence-corrected chi connectivity index (χ1v) is 11.1. The Kier molecular flexibility index (Phi) is 5.31. The molecule has 1 unspecified atom stereocenters. The first kappa shape index (κ1) is 19.1. The minimum Gasteiger partial charge on any atom is -0.331 e. The summed E-state index contributed by atoms with van der Waals surface area (Å²) in [7, 11) is -3.26. The molecule has 1 aromatic carbocycles. The largest absolute Gasteiger partial charge is 0.331 e. The number of rotatable bonds is 6. The zero-order valence-corrected chi connectivity index (χ0v) is 16.6. The molecule has 0 saturated carbocycles. The van der Waals surface area contributed by atoms with Gasteiger partial charge in [0.1, 0.15) is 0 Å². The summed E-state index contributed by atoms with van der Waals surface area (Å²) in [6, 6.07) is 14.9. The van der Waals surface area contributed by atoms with Crippen LogP contribution in [0, 0.1) is 0 Å². The smallest absolute Gasteiger partial charge is 0.254 e. The van der Waals surface area contributed by atoms with Gasteiger partial charge in [-0.2, -0.15) is 0 Å². The maximum absolute atomic E-state index is 13.0. The van der Waals surface area contributed by atoms with Gasteiger partial charge in [0.25, 0.3) is 5.91 Å². The fourth-order valence-electron chi connectivity index (χ4n) is 3.42. The van der Waals surface area contributed by atoms with Crippen molar-refractivity contribution >= 4 is 15.7 Å². The van der Waals surface area contributed by atoms with E-state index in [4.69, 9.17) is 0 Å². The summed E-state index contributed by atoms with van der Waals surface area (Å²) in [6.07, 6.45) is 9.32. The highest BCUT2D eigenvalue weighted by Crippen LogP contribution is 2.19. The van der Waals surface area contributed by atoms with Crippen LogP contribution in [-0.2, 0) is 16.3 Å². The molecule has 0 aliphatic carbocycles. The molecule has 0 spiro atoms. The molecule has 0 radical (unpaired) electrons. The maximum atomic E-state index is 13.0. The van der Waals surface area contributed by atoms with Gasteiger partial charge < -0.3 is 9.47 Å². The molecule has 4 rings (SSSR count). The van der Waals surface area contributed by atoms with E-state index in [9.17, 15) is 13.2 Å². The zero-order chi connectivity index (χ0) is 20.3. The van der Waals surface area contributed by atoms with E-state index in [-0.39, 0.29) is 11.7 Å². The van der Waals surface area contributed by atoms with Gasteiger partial charge in [0.05, 0.1) is 11.8 Å². The molecule has 148 valence electrons. The second-order valence-corrected chi connectivity index (χ2v) is 8.90. The highest BCUT2D eigenvalue weighted by molar-refractivity contribution is 7.94. The molecule has 1 aliphatic heterocycles. The van der Waals surface area contributed by atoms with Crippen molar-refractivity contribution in [1.82, 2.24) is 14.5 Å².